The predicted octanol–water partition coefficient (Wildman–Crippen LogP) is 4.66. The lowest BCUT2D eigenvalue weighted by molar-refractivity contribution is -0.120. The van der Waals surface area contributed by atoms with Crippen molar-refractivity contribution in [1.82, 2.24) is 5.32 Å². The molecule has 3 heteroatoms. The molecule has 0 spiro atoms. The second-order valence-electron chi connectivity index (χ2n) is 5.71. The zero-order chi connectivity index (χ0) is 16.1. The number of aryl methyl sites for hydroxylation is 2. The van der Waals surface area contributed by atoms with Crippen LogP contribution in [0.25, 0.3) is 0 Å². The van der Waals surface area contributed by atoms with E-state index >= 15 is 0 Å². The predicted molar refractivity (Wildman–Crippen MR) is 94.2 cm³/mol. The SMILES string of the molecule is Cc1ccc(S[C@H](C)C(=O)N[C@@H](C)c2ccc(C)cc2)cc1. The van der Waals surface area contributed by atoms with E-state index in [1.807, 2.05) is 13.8 Å². The first-order chi connectivity index (χ1) is 10.5. The van der Waals surface area contributed by atoms with Crippen molar-refractivity contribution in [2.45, 2.75) is 43.9 Å². The van der Waals surface area contributed by atoms with Crippen molar-refractivity contribution in [3.8, 4) is 0 Å². The van der Waals surface area contributed by atoms with Gasteiger partial charge in [0.25, 0.3) is 0 Å². The minimum absolute atomic E-state index is 0.0224. The molecule has 0 unspecified atom stereocenters. The molecule has 0 aliphatic rings. The third-order valence-electron chi connectivity index (χ3n) is 3.64. The van der Waals surface area contributed by atoms with Crippen LogP contribution in [-0.2, 0) is 4.79 Å². The topological polar surface area (TPSA) is 29.1 Å². The number of amides is 1. The van der Waals surface area contributed by atoms with Crippen LogP contribution in [0.2, 0.25) is 0 Å². The van der Waals surface area contributed by atoms with Gasteiger partial charge in [-0.2, -0.15) is 0 Å². The summed E-state index contributed by atoms with van der Waals surface area (Å²) in [5, 5.41) is 2.97. The van der Waals surface area contributed by atoms with Crippen molar-refractivity contribution < 1.29 is 4.79 Å². The van der Waals surface area contributed by atoms with Crippen LogP contribution in [0, 0.1) is 13.8 Å². The molecule has 0 bridgehead atoms. The monoisotopic (exact) mass is 313 g/mol. The molecule has 0 aliphatic heterocycles. The second kappa shape index (κ2) is 7.50. The summed E-state index contributed by atoms with van der Waals surface area (Å²) in [6.07, 6.45) is 0. The molecule has 1 amide bonds. The van der Waals surface area contributed by atoms with Crippen LogP contribution in [0.4, 0.5) is 0 Å². The van der Waals surface area contributed by atoms with E-state index in [-0.39, 0.29) is 17.2 Å². The van der Waals surface area contributed by atoms with Crippen molar-refractivity contribution in [3.05, 3.63) is 65.2 Å². The Bertz CT molecular complexity index is 619. The maximum absolute atomic E-state index is 12.3. The molecule has 2 atom stereocenters. The summed E-state index contributed by atoms with van der Waals surface area (Å²) >= 11 is 1.59. The van der Waals surface area contributed by atoms with E-state index in [0.29, 0.717) is 0 Å². The lowest BCUT2D eigenvalue weighted by Gasteiger charge is -2.18. The molecule has 2 rings (SSSR count). The normalized spacial score (nSPS) is 13.5. The Hall–Kier alpha value is -1.74. The molecule has 0 radical (unpaired) electrons. The molecular formula is C19H23NOS. The van der Waals surface area contributed by atoms with Crippen molar-refractivity contribution in [2.75, 3.05) is 0 Å². The van der Waals surface area contributed by atoms with Crippen LogP contribution in [-0.4, -0.2) is 11.2 Å². The highest BCUT2D eigenvalue weighted by Gasteiger charge is 2.17. The lowest BCUT2D eigenvalue weighted by Crippen LogP contribution is -2.33. The first-order valence-corrected chi connectivity index (χ1v) is 8.44. The Balaban J connectivity index is 1.93. The highest BCUT2D eigenvalue weighted by molar-refractivity contribution is 8.00. The molecule has 0 aliphatic carbocycles. The Morgan fingerprint density at radius 3 is 1.95 bits per heavy atom. The highest BCUT2D eigenvalue weighted by Crippen LogP contribution is 2.24. The van der Waals surface area contributed by atoms with Crippen LogP contribution in [0.5, 0.6) is 0 Å². The summed E-state index contributed by atoms with van der Waals surface area (Å²) < 4.78 is 0. The largest absolute Gasteiger partial charge is 0.349 e. The van der Waals surface area contributed by atoms with E-state index in [9.17, 15) is 4.79 Å². The number of nitrogens with one attached hydrogen (secondary N) is 1. The molecule has 0 fully saturated rings. The Labute approximate surface area is 137 Å². The highest BCUT2D eigenvalue weighted by atomic mass is 32.2. The van der Waals surface area contributed by atoms with E-state index in [0.717, 1.165) is 10.5 Å². The van der Waals surface area contributed by atoms with Gasteiger partial charge in [-0.05, 0) is 45.4 Å². The zero-order valence-electron chi connectivity index (χ0n) is 13.6. The fraction of sp³-hybridized carbons (Fsp3) is 0.316. The van der Waals surface area contributed by atoms with Gasteiger partial charge in [-0.3, -0.25) is 4.79 Å². The third kappa shape index (κ3) is 4.63. The first kappa shape index (κ1) is 16.6. The maximum Gasteiger partial charge on any atom is 0.233 e. The number of thioether (sulfide) groups is 1. The van der Waals surface area contributed by atoms with Crippen molar-refractivity contribution in [2.24, 2.45) is 0 Å². The van der Waals surface area contributed by atoms with Gasteiger partial charge in [-0.15, -0.1) is 11.8 Å². The average Bonchev–Trinajstić information content (AvgIpc) is 2.50. The van der Waals surface area contributed by atoms with Gasteiger partial charge in [0, 0.05) is 4.90 Å². The van der Waals surface area contributed by atoms with Gasteiger partial charge in [0.1, 0.15) is 0 Å². The molecule has 22 heavy (non-hydrogen) atoms. The van der Waals surface area contributed by atoms with Gasteiger partial charge >= 0.3 is 0 Å². The van der Waals surface area contributed by atoms with E-state index in [4.69, 9.17) is 0 Å². The van der Waals surface area contributed by atoms with E-state index in [1.54, 1.807) is 11.8 Å². The number of hydrogen-bond acceptors (Lipinski definition) is 2. The standard InChI is InChI=1S/C19H23NOS/c1-13-5-9-17(10-6-13)15(3)20-19(21)16(4)22-18-11-7-14(2)8-12-18/h5-12,15-16H,1-4H3,(H,20,21)/t15-,16+/m0/s1. The van der Waals surface area contributed by atoms with Gasteiger partial charge in [0.05, 0.1) is 11.3 Å². The fourth-order valence-electron chi connectivity index (χ4n) is 2.14. The van der Waals surface area contributed by atoms with Crippen LogP contribution in [0.3, 0.4) is 0 Å². The van der Waals surface area contributed by atoms with E-state index < -0.39 is 0 Å². The van der Waals surface area contributed by atoms with Crippen molar-refractivity contribution >= 4 is 17.7 Å². The molecule has 0 heterocycles. The third-order valence-corrected chi connectivity index (χ3v) is 4.75. The minimum Gasteiger partial charge on any atom is -0.349 e. The molecule has 2 aromatic carbocycles. The Morgan fingerprint density at radius 2 is 1.41 bits per heavy atom. The van der Waals surface area contributed by atoms with Gasteiger partial charge in [0.2, 0.25) is 5.91 Å². The lowest BCUT2D eigenvalue weighted by atomic mass is 10.1. The number of rotatable bonds is 5. The average molecular weight is 313 g/mol. The summed E-state index contributed by atoms with van der Waals surface area (Å²) in [4.78, 5) is 13.5. The summed E-state index contributed by atoms with van der Waals surface area (Å²) in [5.74, 6) is 0.0682. The quantitative estimate of drug-likeness (QED) is 0.813. The van der Waals surface area contributed by atoms with Gasteiger partial charge < -0.3 is 5.32 Å². The number of benzene rings is 2. The summed E-state index contributed by atoms with van der Waals surface area (Å²) in [6, 6.07) is 16.6. The fourth-order valence-corrected chi connectivity index (χ4v) is 3.02. The van der Waals surface area contributed by atoms with Crippen LogP contribution >= 0.6 is 11.8 Å². The molecular weight excluding hydrogens is 290 g/mol. The molecule has 0 aromatic heterocycles. The number of hydrogen-bond donors (Lipinski definition) is 1. The van der Waals surface area contributed by atoms with Crippen LogP contribution in [0.1, 0.15) is 36.6 Å². The van der Waals surface area contributed by atoms with E-state index in [1.165, 1.54) is 11.1 Å². The zero-order valence-corrected chi connectivity index (χ0v) is 14.4. The smallest absolute Gasteiger partial charge is 0.233 e. The first-order valence-electron chi connectivity index (χ1n) is 7.56. The Morgan fingerprint density at radius 1 is 0.909 bits per heavy atom. The number of carbonyl (C=O) groups excluding carboxylic acids is 1. The molecule has 2 nitrogen and oxygen atoms in total. The van der Waals surface area contributed by atoms with E-state index in [2.05, 4.69) is 67.7 Å². The summed E-state index contributed by atoms with van der Waals surface area (Å²) in [6.45, 7) is 8.09. The Kier molecular flexibility index (Phi) is 5.67. The van der Waals surface area contributed by atoms with Crippen molar-refractivity contribution in [3.63, 3.8) is 0 Å². The maximum atomic E-state index is 12.3. The van der Waals surface area contributed by atoms with Gasteiger partial charge in [-0.1, -0.05) is 47.5 Å². The molecule has 0 saturated carbocycles. The molecule has 2 aromatic rings. The van der Waals surface area contributed by atoms with Crippen LogP contribution in [0.15, 0.2) is 53.4 Å². The second-order valence-corrected chi connectivity index (χ2v) is 7.13. The number of carbonyl (C=O) groups is 1. The molecule has 0 saturated heterocycles. The molecule has 1 N–H and O–H groups in total. The summed E-state index contributed by atoms with van der Waals surface area (Å²) in [7, 11) is 0. The van der Waals surface area contributed by atoms with Gasteiger partial charge in [-0.25, -0.2) is 0 Å². The van der Waals surface area contributed by atoms with Gasteiger partial charge in [0.15, 0.2) is 0 Å². The molecule has 116 valence electrons. The van der Waals surface area contributed by atoms with Crippen molar-refractivity contribution in [1.29, 1.82) is 0 Å². The van der Waals surface area contributed by atoms with Crippen LogP contribution < -0.4 is 5.32 Å². The minimum atomic E-state index is -0.115. The summed E-state index contributed by atoms with van der Waals surface area (Å²) in [5.41, 5.74) is 3.59.